The van der Waals surface area contributed by atoms with Crippen LogP contribution in [0.5, 0.6) is 0 Å². The number of hydrogen-bond acceptors (Lipinski definition) is 4. The van der Waals surface area contributed by atoms with E-state index < -0.39 is 0 Å². The Morgan fingerprint density at radius 1 is 1.62 bits per heavy atom. The van der Waals surface area contributed by atoms with E-state index in [0.717, 1.165) is 5.56 Å². The third-order valence-electron chi connectivity index (χ3n) is 2.18. The molecular weight excluding hydrogens is 168 g/mol. The van der Waals surface area contributed by atoms with Crippen molar-refractivity contribution in [2.75, 3.05) is 11.1 Å². The molecule has 2 rings (SSSR count). The quantitative estimate of drug-likeness (QED) is 0.594. The Kier molecular flexibility index (Phi) is 1.65. The number of nitrogens with zero attached hydrogens (tertiary/aromatic N) is 2. The number of aromatic nitrogens is 2. The molecule has 68 valence electrons. The molecule has 3 N–H and O–H groups in total. The third kappa shape index (κ3) is 1.22. The fourth-order valence-corrected chi connectivity index (χ4v) is 1.37. The predicted molar refractivity (Wildman–Crippen MR) is 47.9 cm³/mol. The molecule has 0 fully saturated rings. The Morgan fingerprint density at radius 3 is 3.15 bits per heavy atom. The second kappa shape index (κ2) is 2.69. The van der Waals surface area contributed by atoms with Crippen LogP contribution in [0.2, 0.25) is 0 Å². The molecule has 0 spiro atoms. The van der Waals surface area contributed by atoms with Gasteiger partial charge >= 0.3 is 0 Å². The lowest BCUT2D eigenvalue weighted by Crippen LogP contribution is -2.29. The van der Waals surface area contributed by atoms with E-state index in [1.54, 1.807) is 0 Å². The topological polar surface area (TPSA) is 80.9 Å². The molecule has 1 unspecified atom stereocenters. The van der Waals surface area contributed by atoms with Crippen LogP contribution in [0, 0.1) is 5.92 Å². The van der Waals surface area contributed by atoms with Gasteiger partial charge < -0.3 is 11.1 Å². The van der Waals surface area contributed by atoms with Crippen molar-refractivity contribution in [2.24, 2.45) is 5.92 Å². The second-order valence-corrected chi connectivity index (χ2v) is 3.18. The number of fused-ring (bicyclic) bond motifs is 1. The molecule has 1 aliphatic heterocycles. The highest BCUT2D eigenvalue weighted by Crippen LogP contribution is 2.25. The molecule has 5 nitrogen and oxygen atoms in total. The van der Waals surface area contributed by atoms with E-state index in [2.05, 4.69) is 15.3 Å². The van der Waals surface area contributed by atoms with Crippen LogP contribution < -0.4 is 11.1 Å². The molecular formula is C8H10N4O. The number of hydrogen-bond donors (Lipinski definition) is 2. The van der Waals surface area contributed by atoms with Crippen molar-refractivity contribution in [3.8, 4) is 0 Å². The van der Waals surface area contributed by atoms with E-state index in [4.69, 9.17) is 5.73 Å². The van der Waals surface area contributed by atoms with Gasteiger partial charge in [-0.25, -0.2) is 9.97 Å². The molecule has 0 saturated carbocycles. The van der Waals surface area contributed by atoms with Crippen LogP contribution in [0.3, 0.4) is 0 Å². The minimum absolute atomic E-state index is 0.00870. The molecule has 0 saturated heterocycles. The van der Waals surface area contributed by atoms with Crippen LogP contribution in [0.1, 0.15) is 12.5 Å². The monoisotopic (exact) mass is 178 g/mol. The third-order valence-corrected chi connectivity index (χ3v) is 2.18. The van der Waals surface area contributed by atoms with E-state index >= 15 is 0 Å². The molecule has 13 heavy (non-hydrogen) atoms. The first-order valence-electron chi connectivity index (χ1n) is 4.08. The minimum atomic E-state index is -0.0548. The summed E-state index contributed by atoms with van der Waals surface area (Å²) in [5.41, 5.74) is 6.49. The Balaban J connectivity index is 2.48. The Morgan fingerprint density at radius 2 is 2.38 bits per heavy atom. The zero-order valence-electron chi connectivity index (χ0n) is 7.24. The summed E-state index contributed by atoms with van der Waals surface area (Å²) in [4.78, 5) is 19.1. The van der Waals surface area contributed by atoms with Crippen molar-refractivity contribution in [1.82, 2.24) is 9.97 Å². The lowest BCUT2D eigenvalue weighted by molar-refractivity contribution is -0.119. The van der Waals surface area contributed by atoms with Gasteiger partial charge in [0.1, 0.15) is 18.0 Å². The molecule has 0 aliphatic carbocycles. The van der Waals surface area contributed by atoms with Crippen molar-refractivity contribution in [3.63, 3.8) is 0 Å². The van der Waals surface area contributed by atoms with Gasteiger partial charge in [-0.3, -0.25) is 4.79 Å². The Hall–Kier alpha value is -1.65. The lowest BCUT2D eigenvalue weighted by Gasteiger charge is -2.20. The normalized spacial score (nSPS) is 20.7. The predicted octanol–water partition coefficient (Wildman–Crippen LogP) is 0.190. The minimum Gasteiger partial charge on any atom is -0.383 e. The van der Waals surface area contributed by atoms with Crippen LogP contribution in [-0.2, 0) is 11.2 Å². The fourth-order valence-electron chi connectivity index (χ4n) is 1.37. The van der Waals surface area contributed by atoms with Crippen LogP contribution >= 0.6 is 0 Å². The van der Waals surface area contributed by atoms with Gasteiger partial charge in [0.2, 0.25) is 5.91 Å². The van der Waals surface area contributed by atoms with Crippen molar-refractivity contribution < 1.29 is 4.79 Å². The molecule has 0 radical (unpaired) electrons. The maximum atomic E-state index is 11.3. The summed E-state index contributed by atoms with van der Waals surface area (Å²) in [6.07, 6.45) is 1.97. The van der Waals surface area contributed by atoms with Gasteiger partial charge in [0.25, 0.3) is 0 Å². The largest absolute Gasteiger partial charge is 0.383 e. The molecule has 0 aromatic carbocycles. The van der Waals surface area contributed by atoms with Crippen LogP contribution in [0.15, 0.2) is 6.33 Å². The lowest BCUT2D eigenvalue weighted by atomic mass is 9.97. The maximum absolute atomic E-state index is 11.3. The maximum Gasteiger partial charge on any atom is 0.228 e. The van der Waals surface area contributed by atoms with E-state index in [-0.39, 0.29) is 11.8 Å². The number of nitrogens with one attached hydrogen (secondary N) is 1. The van der Waals surface area contributed by atoms with Gasteiger partial charge in [-0.1, -0.05) is 6.92 Å². The van der Waals surface area contributed by atoms with Gasteiger partial charge in [0, 0.05) is 11.5 Å². The molecule has 5 heteroatoms. The summed E-state index contributed by atoms with van der Waals surface area (Å²) in [7, 11) is 0. The zero-order chi connectivity index (χ0) is 9.42. The highest BCUT2D eigenvalue weighted by atomic mass is 16.2. The van der Waals surface area contributed by atoms with Crippen LogP contribution in [0.25, 0.3) is 0 Å². The molecule has 1 amide bonds. The number of amides is 1. The van der Waals surface area contributed by atoms with Crippen molar-refractivity contribution >= 4 is 17.5 Å². The second-order valence-electron chi connectivity index (χ2n) is 3.18. The van der Waals surface area contributed by atoms with E-state index in [1.165, 1.54) is 6.33 Å². The van der Waals surface area contributed by atoms with Gasteiger partial charge in [0.15, 0.2) is 0 Å². The first-order valence-corrected chi connectivity index (χ1v) is 4.08. The van der Waals surface area contributed by atoms with Crippen LogP contribution in [-0.4, -0.2) is 15.9 Å². The molecule has 1 aromatic heterocycles. The highest BCUT2D eigenvalue weighted by Gasteiger charge is 2.24. The molecule has 1 aliphatic rings. The summed E-state index contributed by atoms with van der Waals surface area (Å²) in [6.45, 7) is 1.85. The van der Waals surface area contributed by atoms with Crippen LogP contribution in [0.4, 0.5) is 11.6 Å². The summed E-state index contributed by atoms with van der Waals surface area (Å²) < 4.78 is 0. The molecule has 1 atom stereocenters. The number of carbonyl (C=O) groups is 1. The molecule has 0 bridgehead atoms. The standard InChI is InChI=1S/C8H10N4O/c1-4-2-5-6(9)10-3-11-7(5)12-8(4)13/h3-4H,2H2,1H3,(H3,9,10,11,12,13). The Bertz CT molecular complexity index is 363. The average Bonchev–Trinajstić information content (AvgIpc) is 2.09. The summed E-state index contributed by atoms with van der Waals surface area (Å²) in [6, 6.07) is 0. The SMILES string of the molecule is CC1Cc2c(N)ncnc2NC1=O. The van der Waals surface area contributed by atoms with Crippen molar-refractivity contribution in [3.05, 3.63) is 11.9 Å². The smallest absolute Gasteiger partial charge is 0.228 e. The van der Waals surface area contributed by atoms with Crippen molar-refractivity contribution in [2.45, 2.75) is 13.3 Å². The number of carbonyl (C=O) groups excluding carboxylic acids is 1. The summed E-state index contributed by atoms with van der Waals surface area (Å²) >= 11 is 0. The van der Waals surface area contributed by atoms with Gasteiger partial charge in [0.05, 0.1) is 0 Å². The zero-order valence-corrected chi connectivity index (χ0v) is 7.24. The number of rotatable bonds is 0. The van der Waals surface area contributed by atoms with E-state index in [1.807, 2.05) is 6.92 Å². The van der Waals surface area contributed by atoms with Gasteiger partial charge in [-0.05, 0) is 6.42 Å². The summed E-state index contributed by atoms with van der Waals surface area (Å²) in [5.74, 6) is 0.943. The van der Waals surface area contributed by atoms with Gasteiger partial charge in [-0.2, -0.15) is 0 Å². The first kappa shape index (κ1) is 7.97. The fraction of sp³-hybridized carbons (Fsp3) is 0.375. The van der Waals surface area contributed by atoms with E-state index in [9.17, 15) is 4.79 Å². The number of nitrogen functional groups attached to an aromatic ring is 1. The molecule has 2 heterocycles. The average molecular weight is 178 g/mol. The van der Waals surface area contributed by atoms with Crippen molar-refractivity contribution in [1.29, 1.82) is 0 Å². The Labute approximate surface area is 75.4 Å². The number of anilines is 2. The number of nitrogens with two attached hydrogens (primary N) is 1. The van der Waals surface area contributed by atoms with E-state index in [0.29, 0.717) is 18.1 Å². The van der Waals surface area contributed by atoms with Gasteiger partial charge in [-0.15, -0.1) is 0 Å². The first-order chi connectivity index (χ1) is 6.18. The summed E-state index contributed by atoms with van der Waals surface area (Å²) in [5, 5.41) is 2.68. The molecule has 1 aromatic rings. The highest BCUT2D eigenvalue weighted by molar-refractivity contribution is 5.95.